The zero-order valence-electron chi connectivity index (χ0n) is 15.7. The Morgan fingerprint density at radius 1 is 0.846 bits per heavy atom. The Kier molecular flexibility index (Phi) is 5.48. The fourth-order valence-electron chi connectivity index (χ4n) is 4.99. The van der Waals surface area contributed by atoms with Crippen molar-refractivity contribution in [1.29, 1.82) is 0 Å². The third-order valence-electron chi connectivity index (χ3n) is 6.45. The summed E-state index contributed by atoms with van der Waals surface area (Å²) in [5.74, 6) is 0.543. The highest BCUT2D eigenvalue weighted by Gasteiger charge is 2.36. The summed E-state index contributed by atoms with van der Waals surface area (Å²) in [6, 6.07) is 0.733. The molecule has 0 aromatic heterocycles. The standard InChI is InChI=1S/C20H31N3O3/c24-19-5-1-2-10-22(19)16-6-8-17(9-7-16)23-11-3-4-18(20(23)25)21-12-14-26-15-13-21/h4,16-17H,1-3,5-15H2. The van der Waals surface area contributed by atoms with Gasteiger partial charge in [-0.05, 0) is 44.9 Å². The van der Waals surface area contributed by atoms with Crippen molar-refractivity contribution in [3.05, 3.63) is 11.8 Å². The summed E-state index contributed by atoms with van der Waals surface area (Å²) in [5.41, 5.74) is 0.882. The van der Waals surface area contributed by atoms with Gasteiger partial charge in [0.2, 0.25) is 5.91 Å². The van der Waals surface area contributed by atoms with Gasteiger partial charge in [-0.1, -0.05) is 6.08 Å². The SMILES string of the molecule is O=C1CCCCN1C1CCC(N2CCC=C(N3CCOCC3)C2=O)CC1. The van der Waals surface area contributed by atoms with E-state index in [4.69, 9.17) is 4.74 Å². The molecule has 0 unspecified atom stereocenters. The fraction of sp³-hybridized carbons (Fsp3) is 0.800. The normalized spacial score (nSPS) is 31.2. The van der Waals surface area contributed by atoms with Crippen molar-refractivity contribution in [1.82, 2.24) is 14.7 Å². The molecule has 0 radical (unpaired) electrons. The zero-order valence-corrected chi connectivity index (χ0v) is 15.7. The van der Waals surface area contributed by atoms with Crippen molar-refractivity contribution in [2.75, 3.05) is 39.4 Å². The van der Waals surface area contributed by atoms with E-state index in [0.29, 0.717) is 31.2 Å². The van der Waals surface area contributed by atoms with Crippen LogP contribution in [0.2, 0.25) is 0 Å². The van der Waals surface area contributed by atoms with Gasteiger partial charge in [-0.2, -0.15) is 0 Å². The number of piperidine rings is 1. The maximum atomic E-state index is 13.1. The minimum absolute atomic E-state index is 0.204. The van der Waals surface area contributed by atoms with Crippen LogP contribution in [-0.4, -0.2) is 78.0 Å². The highest BCUT2D eigenvalue weighted by atomic mass is 16.5. The van der Waals surface area contributed by atoms with Crippen molar-refractivity contribution in [3.8, 4) is 0 Å². The second-order valence-electron chi connectivity index (χ2n) is 7.98. The number of morpholine rings is 1. The molecule has 144 valence electrons. The Balaban J connectivity index is 1.34. The first-order chi connectivity index (χ1) is 12.7. The lowest BCUT2D eigenvalue weighted by atomic mass is 9.87. The van der Waals surface area contributed by atoms with Crippen LogP contribution in [0.5, 0.6) is 0 Å². The molecule has 2 amide bonds. The van der Waals surface area contributed by atoms with Gasteiger partial charge in [-0.25, -0.2) is 0 Å². The molecule has 6 heteroatoms. The van der Waals surface area contributed by atoms with Crippen molar-refractivity contribution in [2.45, 2.75) is 63.5 Å². The second-order valence-corrected chi connectivity index (χ2v) is 7.98. The number of carbonyl (C=O) groups is 2. The number of hydrogen-bond acceptors (Lipinski definition) is 4. The lowest BCUT2D eigenvalue weighted by Crippen LogP contribution is -2.52. The molecule has 4 aliphatic rings. The largest absolute Gasteiger partial charge is 0.378 e. The molecule has 0 N–H and O–H groups in total. The summed E-state index contributed by atoms with van der Waals surface area (Å²) in [7, 11) is 0. The van der Waals surface area contributed by atoms with Crippen molar-refractivity contribution < 1.29 is 14.3 Å². The number of likely N-dealkylation sites (tertiary alicyclic amines) is 1. The molecular formula is C20H31N3O3. The maximum Gasteiger partial charge on any atom is 0.270 e. The maximum absolute atomic E-state index is 13.1. The summed E-state index contributed by atoms with van der Waals surface area (Å²) >= 11 is 0. The van der Waals surface area contributed by atoms with Crippen LogP contribution in [0.25, 0.3) is 0 Å². The van der Waals surface area contributed by atoms with Gasteiger partial charge in [0.1, 0.15) is 0 Å². The number of rotatable bonds is 3. The lowest BCUT2D eigenvalue weighted by molar-refractivity contribution is -0.138. The molecule has 0 spiro atoms. The molecule has 4 rings (SSSR count). The molecule has 0 aromatic carbocycles. The Labute approximate surface area is 156 Å². The van der Waals surface area contributed by atoms with Gasteiger partial charge in [0.25, 0.3) is 5.91 Å². The van der Waals surface area contributed by atoms with Crippen LogP contribution in [0.3, 0.4) is 0 Å². The molecule has 3 fully saturated rings. The summed E-state index contributed by atoms with van der Waals surface area (Å²) in [6.45, 7) is 4.81. The monoisotopic (exact) mass is 361 g/mol. The Bertz CT molecular complexity index is 563. The van der Waals surface area contributed by atoms with E-state index in [2.05, 4.69) is 20.8 Å². The summed E-state index contributed by atoms with van der Waals surface area (Å²) in [4.78, 5) is 31.7. The van der Waals surface area contributed by atoms with Gasteiger partial charge in [0.15, 0.2) is 0 Å². The zero-order chi connectivity index (χ0) is 17.9. The number of carbonyl (C=O) groups excluding carboxylic acids is 2. The van der Waals surface area contributed by atoms with E-state index in [1.54, 1.807) is 0 Å². The van der Waals surface area contributed by atoms with Gasteiger partial charge in [-0.3, -0.25) is 9.59 Å². The third kappa shape index (κ3) is 3.61. The van der Waals surface area contributed by atoms with Gasteiger partial charge in [0.05, 0.1) is 18.9 Å². The fourth-order valence-corrected chi connectivity index (χ4v) is 4.99. The average Bonchev–Trinajstić information content (AvgIpc) is 2.69. The number of ether oxygens (including phenoxy) is 1. The summed E-state index contributed by atoms with van der Waals surface area (Å²) in [5, 5.41) is 0. The van der Waals surface area contributed by atoms with E-state index in [1.807, 2.05) is 0 Å². The first-order valence-electron chi connectivity index (χ1n) is 10.4. The van der Waals surface area contributed by atoms with Crippen LogP contribution in [0, 0.1) is 0 Å². The minimum Gasteiger partial charge on any atom is -0.378 e. The van der Waals surface area contributed by atoms with Crippen LogP contribution in [0.15, 0.2) is 11.8 Å². The molecule has 0 bridgehead atoms. The molecule has 26 heavy (non-hydrogen) atoms. The quantitative estimate of drug-likeness (QED) is 0.769. The topological polar surface area (TPSA) is 53.1 Å². The molecule has 6 nitrogen and oxygen atoms in total. The first kappa shape index (κ1) is 17.8. The lowest BCUT2D eigenvalue weighted by Gasteiger charge is -2.44. The molecular weight excluding hydrogens is 330 g/mol. The van der Waals surface area contributed by atoms with E-state index in [-0.39, 0.29) is 5.91 Å². The van der Waals surface area contributed by atoms with Gasteiger partial charge in [0, 0.05) is 44.7 Å². The number of amides is 2. The van der Waals surface area contributed by atoms with Gasteiger partial charge >= 0.3 is 0 Å². The third-order valence-corrected chi connectivity index (χ3v) is 6.45. The Morgan fingerprint density at radius 2 is 1.54 bits per heavy atom. The summed E-state index contributed by atoms with van der Waals surface area (Å²) in [6.07, 6.45) is 10.1. The van der Waals surface area contributed by atoms with Crippen LogP contribution < -0.4 is 0 Å². The van der Waals surface area contributed by atoms with Crippen molar-refractivity contribution >= 4 is 11.8 Å². The summed E-state index contributed by atoms with van der Waals surface area (Å²) < 4.78 is 5.42. The predicted molar refractivity (Wildman–Crippen MR) is 98.4 cm³/mol. The second kappa shape index (κ2) is 7.99. The average molecular weight is 361 g/mol. The van der Waals surface area contributed by atoms with E-state index in [1.165, 1.54) is 0 Å². The van der Waals surface area contributed by atoms with Crippen LogP contribution >= 0.6 is 0 Å². The van der Waals surface area contributed by atoms with Crippen LogP contribution in [-0.2, 0) is 14.3 Å². The van der Waals surface area contributed by atoms with Crippen molar-refractivity contribution in [3.63, 3.8) is 0 Å². The molecule has 1 saturated carbocycles. The van der Waals surface area contributed by atoms with Crippen molar-refractivity contribution in [2.24, 2.45) is 0 Å². The highest BCUT2D eigenvalue weighted by molar-refractivity contribution is 5.93. The number of nitrogens with zero attached hydrogens (tertiary/aromatic N) is 3. The molecule has 3 aliphatic heterocycles. The molecule has 1 aliphatic carbocycles. The Hall–Kier alpha value is -1.56. The number of hydrogen-bond donors (Lipinski definition) is 0. The Morgan fingerprint density at radius 3 is 2.23 bits per heavy atom. The predicted octanol–water partition coefficient (Wildman–Crippen LogP) is 1.76. The first-order valence-corrected chi connectivity index (χ1v) is 10.4. The van der Waals surface area contributed by atoms with E-state index >= 15 is 0 Å². The highest BCUT2D eigenvalue weighted by Crippen LogP contribution is 2.31. The van der Waals surface area contributed by atoms with Gasteiger partial charge in [-0.15, -0.1) is 0 Å². The molecule has 3 heterocycles. The van der Waals surface area contributed by atoms with Crippen LogP contribution in [0.1, 0.15) is 51.4 Å². The molecule has 2 saturated heterocycles. The minimum atomic E-state index is 0.204. The van der Waals surface area contributed by atoms with Gasteiger partial charge < -0.3 is 19.4 Å². The van der Waals surface area contributed by atoms with E-state index < -0.39 is 0 Å². The van der Waals surface area contributed by atoms with E-state index in [9.17, 15) is 9.59 Å². The molecule has 0 atom stereocenters. The van der Waals surface area contributed by atoms with Crippen LogP contribution in [0.4, 0.5) is 0 Å². The van der Waals surface area contributed by atoms with E-state index in [0.717, 1.165) is 83.2 Å². The molecule has 0 aromatic rings. The smallest absolute Gasteiger partial charge is 0.270 e.